The first-order valence-electron chi connectivity index (χ1n) is 10.7. The molecule has 0 aromatic heterocycles. The minimum Gasteiger partial charge on any atom is -0.450 e. The molecule has 3 rings (SSSR count). The summed E-state index contributed by atoms with van der Waals surface area (Å²) in [4.78, 5) is 25.0. The lowest BCUT2D eigenvalue weighted by atomic mass is 10.00. The molecule has 3 aromatic rings. The molecule has 0 radical (unpaired) electrons. The van der Waals surface area contributed by atoms with Crippen molar-refractivity contribution in [2.75, 3.05) is 11.9 Å². The number of alkyl carbamates (subject to hydrolysis) is 1. The van der Waals surface area contributed by atoms with Crippen LogP contribution in [0, 0.1) is 11.3 Å². The third-order valence-corrected chi connectivity index (χ3v) is 5.06. The summed E-state index contributed by atoms with van der Waals surface area (Å²) < 4.78 is 4.97. The second-order valence-corrected chi connectivity index (χ2v) is 7.37. The Morgan fingerprint density at radius 1 is 1.03 bits per heavy atom. The molecular weight excluding hydrogens is 416 g/mol. The summed E-state index contributed by atoms with van der Waals surface area (Å²) in [5, 5.41) is 14.8. The van der Waals surface area contributed by atoms with Crippen LogP contribution in [0.4, 0.5) is 10.5 Å². The molecule has 0 aliphatic heterocycles. The Kier molecular flexibility index (Phi) is 8.17. The van der Waals surface area contributed by atoms with Gasteiger partial charge in [-0.3, -0.25) is 4.79 Å². The van der Waals surface area contributed by atoms with Crippen molar-refractivity contribution < 1.29 is 14.3 Å². The molecule has 33 heavy (non-hydrogen) atoms. The molecule has 0 aliphatic rings. The first-order chi connectivity index (χ1) is 16.0. The third kappa shape index (κ3) is 6.42. The van der Waals surface area contributed by atoms with Gasteiger partial charge in [-0.15, -0.1) is 0 Å². The average Bonchev–Trinajstić information content (AvgIpc) is 2.84. The Hall–Kier alpha value is -4.15. The Bertz CT molecular complexity index is 1150. The predicted molar refractivity (Wildman–Crippen MR) is 127 cm³/mol. The van der Waals surface area contributed by atoms with Crippen molar-refractivity contribution in [3.05, 3.63) is 89.5 Å². The zero-order valence-electron chi connectivity index (χ0n) is 18.4. The van der Waals surface area contributed by atoms with E-state index < -0.39 is 12.1 Å². The monoisotopic (exact) mass is 442 g/mol. The number of hydrogen-bond acceptors (Lipinski definition) is 5. The molecule has 7 heteroatoms. The maximum atomic E-state index is 13.0. The van der Waals surface area contributed by atoms with Crippen molar-refractivity contribution in [3.63, 3.8) is 0 Å². The zero-order valence-corrected chi connectivity index (χ0v) is 18.4. The molecule has 0 fully saturated rings. The van der Waals surface area contributed by atoms with Crippen LogP contribution in [0.15, 0.2) is 72.8 Å². The summed E-state index contributed by atoms with van der Waals surface area (Å²) in [6.07, 6.45) is -0.373. The predicted octanol–water partition coefficient (Wildman–Crippen LogP) is 3.98. The van der Waals surface area contributed by atoms with E-state index in [1.54, 1.807) is 25.1 Å². The molecule has 168 valence electrons. The van der Waals surface area contributed by atoms with Gasteiger partial charge in [-0.2, -0.15) is 5.26 Å². The molecule has 0 spiro atoms. The standard InChI is InChI=1S/C26H26N4O3/c1-2-33-26(32)30-24(15-18-6-5-7-19(14-18)16-27)25(31)29-22-12-10-20(11-13-22)23-9-4-3-8-21(23)17-28/h3-14,24H,2,15-16,27H2,1H3,(H,29,31)(H,30,32)/t24-/m0/s1. The maximum Gasteiger partial charge on any atom is 0.407 e. The van der Waals surface area contributed by atoms with Gasteiger partial charge < -0.3 is 21.1 Å². The van der Waals surface area contributed by atoms with Gasteiger partial charge in [0.15, 0.2) is 0 Å². The molecule has 4 N–H and O–H groups in total. The lowest BCUT2D eigenvalue weighted by Gasteiger charge is -2.19. The van der Waals surface area contributed by atoms with Crippen molar-refractivity contribution in [2.45, 2.75) is 25.9 Å². The SMILES string of the molecule is CCOC(=O)N[C@@H](Cc1cccc(CN)c1)C(=O)Nc1ccc(-c2ccccc2C#N)cc1. The molecular formula is C26H26N4O3. The fraction of sp³-hybridized carbons (Fsp3) is 0.192. The van der Waals surface area contributed by atoms with Gasteiger partial charge in [0.1, 0.15) is 6.04 Å². The van der Waals surface area contributed by atoms with Gasteiger partial charge in [0.2, 0.25) is 5.91 Å². The highest BCUT2D eigenvalue weighted by molar-refractivity contribution is 5.97. The molecule has 1 atom stereocenters. The smallest absolute Gasteiger partial charge is 0.407 e. The largest absolute Gasteiger partial charge is 0.450 e. The molecule has 2 amide bonds. The average molecular weight is 443 g/mol. The van der Waals surface area contributed by atoms with E-state index in [2.05, 4.69) is 16.7 Å². The Labute approximate surface area is 193 Å². The topological polar surface area (TPSA) is 117 Å². The third-order valence-electron chi connectivity index (χ3n) is 5.06. The van der Waals surface area contributed by atoms with Crippen molar-refractivity contribution >= 4 is 17.7 Å². The van der Waals surface area contributed by atoms with E-state index in [-0.39, 0.29) is 18.9 Å². The van der Waals surface area contributed by atoms with E-state index in [0.29, 0.717) is 17.8 Å². The van der Waals surface area contributed by atoms with Crippen LogP contribution in [0.5, 0.6) is 0 Å². The minimum atomic E-state index is -0.837. The molecule has 3 aromatic carbocycles. The number of carbonyl (C=O) groups excluding carboxylic acids is 2. The van der Waals surface area contributed by atoms with Gasteiger partial charge in [0, 0.05) is 18.7 Å². The van der Waals surface area contributed by atoms with Crippen molar-refractivity contribution in [2.24, 2.45) is 5.73 Å². The van der Waals surface area contributed by atoms with Crippen LogP contribution in [-0.2, 0) is 22.5 Å². The zero-order chi connectivity index (χ0) is 23.6. The molecule has 0 aliphatic carbocycles. The first kappa shape index (κ1) is 23.5. The molecule has 0 unspecified atom stereocenters. The highest BCUT2D eigenvalue weighted by atomic mass is 16.5. The molecule has 0 bridgehead atoms. The number of nitrogens with zero attached hydrogens (tertiary/aromatic N) is 1. The highest BCUT2D eigenvalue weighted by Gasteiger charge is 2.22. The van der Waals surface area contributed by atoms with Gasteiger partial charge in [-0.25, -0.2) is 4.79 Å². The van der Waals surface area contributed by atoms with Crippen LogP contribution >= 0.6 is 0 Å². The van der Waals surface area contributed by atoms with E-state index >= 15 is 0 Å². The summed E-state index contributed by atoms with van der Waals surface area (Å²) in [7, 11) is 0. The second-order valence-electron chi connectivity index (χ2n) is 7.37. The van der Waals surface area contributed by atoms with Crippen molar-refractivity contribution in [1.82, 2.24) is 5.32 Å². The number of nitrogens with two attached hydrogens (primary N) is 1. The first-order valence-corrected chi connectivity index (χ1v) is 10.7. The summed E-state index contributed by atoms with van der Waals surface area (Å²) in [5.41, 5.74) is 10.4. The minimum absolute atomic E-state index is 0.203. The molecule has 7 nitrogen and oxygen atoms in total. The molecule has 0 heterocycles. The summed E-state index contributed by atoms with van der Waals surface area (Å²) in [6.45, 7) is 2.29. The summed E-state index contributed by atoms with van der Waals surface area (Å²) in [5.74, 6) is -0.369. The van der Waals surface area contributed by atoms with Crippen molar-refractivity contribution in [3.8, 4) is 17.2 Å². The van der Waals surface area contributed by atoms with Crippen LogP contribution in [0.1, 0.15) is 23.6 Å². The number of nitrogens with one attached hydrogen (secondary N) is 2. The van der Waals surface area contributed by atoms with Gasteiger partial charge >= 0.3 is 6.09 Å². The van der Waals surface area contributed by atoms with E-state index in [9.17, 15) is 14.9 Å². The number of ether oxygens (including phenoxy) is 1. The van der Waals surface area contributed by atoms with E-state index in [1.807, 2.05) is 54.6 Å². The van der Waals surface area contributed by atoms with Gasteiger partial charge in [0.05, 0.1) is 18.2 Å². The molecule has 0 saturated heterocycles. The summed E-state index contributed by atoms with van der Waals surface area (Å²) in [6, 6.07) is 23.4. The number of nitriles is 1. The number of amides is 2. The second kappa shape index (κ2) is 11.5. The maximum absolute atomic E-state index is 13.0. The lowest BCUT2D eigenvalue weighted by molar-refractivity contribution is -0.118. The Morgan fingerprint density at radius 2 is 1.76 bits per heavy atom. The lowest BCUT2D eigenvalue weighted by Crippen LogP contribution is -2.45. The summed E-state index contributed by atoms with van der Waals surface area (Å²) >= 11 is 0. The van der Waals surface area contributed by atoms with E-state index in [1.165, 1.54) is 0 Å². The van der Waals surface area contributed by atoms with Gasteiger partial charge in [-0.1, -0.05) is 54.6 Å². The fourth-order valence-electron chi connectivity index (χ4n) is 3.44. The fourth-order valence-corrected chi connectivity index (χ4v) is 3.44. The number of anilines is 1. The van der Waals surface area contributed by atoms with Crippen LogP contribution in [0.3, 0.4) is 0 Å². The normalized spacial score (nSPS) is 11.2. The number of carbonyl (C=O) groups is 2. The van der Waals surface area contributed by atoms with Crippen LogP contribution < -0.4 is 16.4 Å². The molecule has 0 saturated carbocycles. The van der Waals surface area contributed by atoms with E-state index in [0.717, 1.165) is 22.3 Å². The Balaban J connectivity index is 1.76. The number of rotatable bonds is 8. The van der Waals surface area contributed by atoms with E-state index in [4.69, 9.17) is 10.5 Å². The van der Waals surface area contributed by atoms with Crippen LogP contribution in [0.2, 0.25) is 0 Å². The van der Waals surface area contributed by atoms with Crippen molar-refractivity contribution in [1.29, 1.82) is 5.26 Å². The highest BCUT2D eigenvalue weighted by Crippen LogP contribution is 2.24. The quantitative estimate of drug-likeness (QED) is 0.488. The number of hydrogen-bond donors (Lipinski definition) is 3. The van der Waals surface area contributed by atoms with Crippen LogP contribution in [0.25, 0.3) is 11.1 Å². The van der Waals surface area contributed by atoms with Gasteiger partial charge in [0.25, 0.3) is 0 Å². The Morgan fingerprint density at radius 3 is 2.45 bits per heavy atom. The van der Waals surface area contributed by atoms with Crippen LogP contribution in [-0.4, -0.2) is 24.6 Å². The number of benzene rings is 3. The van der Waals surface area contributed by atoms with Gasteiger partial charge in [-0.05, 0) is 47.4 Å².